The van der Waals surface area contributed by atoms with Crippen LogP contribution in [-0.2, 0) is 0 Å². The topological polar surface area (TPSA) is 47.6 Å². The summed E-state index contributed by atoms with van der Waals surface area (Å²) in [4.78, 5) is 12.3. The van der Waals surface area contributed by atoms with Gasteiger partial charge in [0.1, 0.15) is 23.1 Å². The van der Waals surface area contributed by atoms with Gasteiger partial charge in [0.2, 0.25) is 0 Å². The number of benzene rings is 2. The standard InChI is InChI=1S/C17H17F2NO3/c1-10(15-5-4-12(18)8-16(15)19)20-17(21)11-6-13(22-2)9-14(7-11)23-3/h4-10H,1-3H3,(H,20,21). The Morgan fingerprint density at radius 2 is 1.65 bits per heavy atom. The summed E-state index contributed by atoms with van der Waals surface area (Å²) in [7, 11) is 2.96. The molecule has 2 aromatic rings. The molecule has 0 saturated heterocycles. The number of hydrogen-bond acceptors (Lipinski definition) is 3. The number of carbonyl (C=O) groups excluding carboxylic acids is 1. The Morgan fingerprint density at radius 1 is 1.04 bits per heavy atom. The molecule has 23 heavy (non-hydrogen) atoms. The van der Waals surface area contributed by atoms with Crippen molar-refractivity contribution in [3.8, 4) is 11.5 Å². The highest BCUT2D eigenvalue weighted by atomic mass is 19.1. The van der Waals surface area contributed by atoms with E-state index >= 15 is 0 Å². The normalized spacial score (nSPS) is 11.7. The highest BCUT2D eigenvalue weighted by molar-refractivity contribution is 5.95. The third kappa shape index (κ3) is 3.97. The van der Waals surface area contributed by atoms with Gasteiger partial charge in [0, 0.05) is 23.3 Å². The van der Waals surface area contributed by atoms with Crippen molar-refractivity contribution in [2.45, 2.75) is 13.0 Å². The van der Waals surface area contributed by atoms with Crippen molar-refractivity contribution in [2.75, 3.05) is 14.2 Å². The van der Waals surface area contributed by atoms with E-state index in [1.807, 2.05) is 0 Å². The Morgan fingerprint density at radius 3 is 2.17 bits per heavy atom. The molecule has 1 atom stereocenters. The number of nitrogens with one attached hydrogen (secondary N) is 1. The zero-order chi connectivity index (χ0) is 17.0. The molecule has 0 radical (unpaired) electrons. The van der Waals surface area contributed by atoms with E-state index in [0.717, 1.165) is 12.1 Å². The van der Waals surface area contributed by atoms with Gasteiger partial charge in [0.15, 0.2) is 0 Å². The van der Waals surface area contributed by atoms with E-state index in [1.165, 1.54) is 20.3 Å². The van der Waals surface area contributed by atoms with Crippen molar-refractivity contribution in [2.24, 2.45) is 0 Å². The Balaban J connectivity index is 2.21. The molecule has 0 heterocycles. The predicted octanol–water partition coefficient (Wildman–Crippen LogP) is 3.47. The second-order valence-corrected chi connectivity index (χ2v) is 4.96. The third-order valence-electron chi connectivity index (χ3n) is 3.39. The van der Waals surface area contributed by atoms with E-state index in [9.17, 15) is 13.6 Å². The van der Waals surface area contributed by atoms with Gasteiger partial charge in [-0.3, -0.25) is 4.79 Å². The van der Waals surface area contributed by atoms with Crippen LogP contribution in [0, 0.1) is 11.6 Å². The lowest BCUT2D eigenvalue weighted by atomic mass is 10.1. The first kappa shape index (κ1) is 16.7. The van der Waals surface area contributed by atoms with Crippen LogP contribution < -0.4 is 14.8 Å². The monoisotopic (exact) mass is 321 g/mol. The number of halogens is 2. The summed E-state index contributed by atoms with van der Waals surface area (Å²) in [5, 5.41) is 2.66. The molecule has 1 N–H and O–H groups in total. The maximum Gasteiger partial charge on any atom is 0.252 e. The van der Waals surface area contributed by atoms with E-state index < -0.39 is 23.6 Å². The van der Waals surface area contributed by atoms with Crippen LogP contribution in [0.1, 0.15) is 28.9 Å². The van der Waals surface area contributed by atoms with Gasteiger partial charge in [-0.1, -0.05) is 6.07 Å². The fourth-order valence-corrected chi connectivity index (χ4v) is 2.15. The lowest BCUT2D eigenvalue weighted by Crippen LogP contribution is -2.27. The zero-order valence-corrected chi connectivity index (χ0v) is 13.0. The highest BCUT2D eigenvalue weighted by Gasteiger charge is 2.16. The van der Waals surface area contributed by atoms with E-state index in [4.69, 9.17) is 9.47 Å². The second-order valence-electron chi connectivity index (χ2n) is 4.96. The first-order chi connectivity index (χ1) is 10.9. The summed E-state index contributed by atoms with van der Waals surface area (Å²) in [5.74, 6) is -0.855. The molecule has 0 aromatic heterocycles. The molecule has 1 unspecified atom stereocenters. The second kappa shape index (κ2) is 7.09. The molecule has 0 aliphatic rings. The van der Waals surface area contributed by atoms with Crippen LogP contribution >= 0.6 is 0 Å². The number of rotatable bonds is 5. The Hall–Kier alpha value is -2.63. The van der Waals surface area contributed by atoms with Gasteiger partial charge in [-0.05, 0) is 25.1 Å². The molecule has 2 rings (SSSR count). The smallest absolute Gasteiger partial charge is 0.252 e. The van der Waals surface area contributed by atoms with Gasteiger partial charge in [0.25, 0.3) is 5.91 Å². The maximum absolute atomic E-state index is 13.8. The summed E-state index contributed by atoms with van der Waals surface area (Å²) in [5.41, 5.74) is 0.519. The average molecular weight is 321 g/mol. The highest BCUT2D eigenvalue weighted by Crippen LogP contribution is 2.23. The summed E-state index contributed by atoms with van der Waals surface area (Å²) in [6.07, 6.45) is 0. The molecule has 4 nitrogen and oxygen atoms in total. The van der Waals surface area contributed by atoms with Crippen molar-refractivity contribution in [1.29, 1.82) is 0 Å². The molecule has 0 spiro atoms. The lowest BCUT2D eigenvalue weighted by molar-refractivity contribution is 0.0938. The molecule has 0 aliphatic heterocycles. The summed E-state index contributed by atoms with van der Waals surface area (Å²) in [6.45, 7) is 1.62. The van der Waals surface area contributed by atoms with Crippen molar-refractivity contribution >= 4 is 5.91 Å². The number of ether oxygens (including phenoxy) is 2. The molecular formula is C17H17F2NO3. The SMILES string of the molecule is COc1cc(OC)cc(C(=O)NC(C)c2ccc(F)cc2F)c1. The van der Waals surface area contributed by atoms with E-state index in [1.54, 1.807) is 25.1 Å². The Kier molecular flexibility index (Phi) is 5.16. The zero-order valence-electron chi connectivity index (χ0n) is 13.0. The minimum atomic E-state index is -0.707. The van der Waals surface area contributed by atoms with Gasteiger partial charge in [-0.2, -0.15) is 0 Å². The number of carbonyl (C=O) groups is 1. The lowest BCUT2D eigenvalue weighted by Gasteiger charge is -2.16. The first-order valence-electron chi connectivity index (χ1n) is 6.93. The van der Waals surface area contributed by atoms with Crippen LogP contribution in [0.3, 0.4) is 0 Å². The molecule has 0 aliphatic carbocycles. The number of hydrogen-bond donors (Lipinski definition) is 1. The van der Waals surface area contributed by atoms with E-state index in [-0.39, 0.29) is 5.56 Å². The quantitative estimate of drug-likeness (QED) is 0.917. The van der Waals surface area contributed by atoms with E-state index in [0.29, 0.717) is 17.1 Å². The van der Waals surface area contributed by atoms with Crippen molar-refractivity contribution in [3.05, 3.63) is 59.2 Å². The minimum absolute atomic E-state index is 0.203. The summed E-state index contributed by atoms with van der Waals surface area (Å²) >= 11 is 0. The van der Waals surface area contributed by atoms with Crippen molar-refractivity contribution < 1.29 is 23.0 Å². The first-order valence-corrected chi connectivity index (χ1v) is 6.93. The summed E-state index contributed by atoms with van der Waals surface area (Å²) < 4.78 is 36.9. The van der Waals surface area contributed by atoms with E-state index in [2.05, 4.69) is 5.32 Å². The Bertz CT molecular complexity index is 697. The molecule has 0 fully saturated rings. The van der Waals surface area contributed by atoms with Gasteiger partial charge >= 0.3 is 0 Å². The molecule has 2 aromatic carbocycles. The van der Waals surface area contributed by atoms with Gasteiger partial charge in [-0.15, -0.1) is 0 Å². The molecular weight excluding hydrogens is 304 g/mol. The predicted molar refractivity (Wildman–Crippen MR) is 81.8 cm³/mol. The molecule has 122 valence electrons. The van der Waals surface area contributed by atoms with Crippen molar-refractivity contribution in [1.82, 2.24) is 5.32 Å². The fraction of sp³-hybridized carbons (Fsp3) is 0.235. The van der Waals surface area contributed by atoms with Gasteiger partial charge in [0.05, 0.1) is 20.3 Å². The van der Waals surface area contributed by atoms with Crippen LogP contribution in [0.4, 0.5) is 8.78 Å². The van der Waals surface area contributed by atoms with Crippen LogP contribution in [0.25, 0.3) is 0 Å². The number of amides is 1. The third-order valence-corrected chi connectivity index (χ3v) is 3.39. The Labute approximate surface area is 133 Å². The van der Waals surface area contributed by atoms with Crippen LogP contribution in [0.15, 0.2) is 36.4 Å². The molecule has 0 bridgehead atoms. The molecule has 1 amide bonds. The largest absolute Gasteiger partial charge is 0.497 e. The van der Waals surface area contributed by atoms with Crippen LogP contribution in [0.5, 0.6) is 11.5 Å². The van der Waals surface area contributed by atoms with Crippen LogP contribution in [-0.4, -0.2) is 20.1 Å². The van der Waals surface area contributed by atoms with Crippen LogP contribution in [0.2, 0.25) is 0 Å². The number of methoxy groups -OCH3 is 2. The molecule has 0 saturated carbocycles. The minimum Gasteiger partial charge on any atom is -0.497 e. The summed E-state index contributed by atoms with van der Waals surface area (Å²) in [6, 6.07) is 7.35. The maximum atomic E-state index is 13.8. The van der Waals surface area contributed by atoms with Gasteiger partial charge in [-0.25, -0.2) is 8.78 Å². The molecule has 6 heteroatoms. The average Bonchev–Trinajstić information content (AvgIpc) is 2.53. The van der Waals surface area contributed by atoms with Gasteiger partial charge < -0.3 is 14.8 Å². The van der Waals surface area contributed by atoms with Crippen molar-refractivity contribution in [3.63, 3.8) is 0 Å². The fourth-order valence-electron chi connectivity index (χ4n) is 2.15.